The molecule has 2 atom stereocenters. The number of hydrogen-bond donors (Lipinski definition) is 1. The molecule has 0 heterocycles. The largest absolute Gasteiger partial charge is 0.392 e. The molecule has 1 amide bonds. The van der Waals surface area contributed by atoms with Gasteiger partial charge in [0, 0.05) is 0 Å². The lowest BCUT2D eigenvalue weighted by Crippen LogP contribution is -2.42. The Morgan fingerprint density at radius 1 is 1.19 bits per heavy atom. The topological polar surface area (TPSA) is 38.3 Å². The molecule has 1 saturated carbocycles. The molecule has 0 aromatic heterocycles. The molecule has 2 rings (SSSR count). The van der Waals surface area contributed by atoms with E-state index in [9.17, 15) is 18.0 Å². The lowest BCUT2D eigenvalue weighted by atomic mass is 9.78. The van der Waals surface area contributed by atoms with Crippen LogP contribution in [0.4, 0.5) is 13.2 Å². The average molecular weight is 301 g/mol. The van der Waals surface area contributed by atoms with Gasteiger partial charge in [0.2, 0.25) is 5.91 Å². The molecule has 116 valence electrons. The van der Waals surface area contributed by atoms with Crippen LogP contribution in [0.3, 0.4) is 0 Å². The molecule has 0 radical (unpaired) electrons. The fraction of sp³-hybridized carbons (Fsp3) is 0.533. The summed E-state index contributed by atoms with van der Waals surface area (Å²) in [7, 11) is 0. The van der Waals surface area contributed by atoms with Crippen molar-refractivity contribution >= 4 is 5.91 Å². The van der Waals surface area contributed by atoms with E-state index in [1.807, 2.05) is 30.3 Å². The van der Waals surface area contributed by atoms with Gasteiger partial charge in [-0.2, -0.15) is 13.2 Å². The number of hydrogen-bond acceptors (Lipinski definition) is 2. The van der Waals surface area contributed by atoms with Crippen LogP contribution in [-0.2, 0) is 16.2 Å². The third-order valence-electron chi connectivity index (χ3n) is 3.78. The van der Waals surface area contributed by atoms with Gasteiger partial charge in [-0.1, -0.05) is 43.2 Å². The van der Waals surface area contributed by atoms with E-state index in [0.717, 1.165) is 5.56 Å². The van der Waals surface area contributed by atoms with Crippen LogP contribution in [0, 0.1) is 11.8 Å². The van der Waals surface area contributed by atoms with Gasteiger partial charge in [-0.3, -0.25) is 9.63 Å². The van der Waals surface area contributed by atoms with Gasteiger partial charge in [0.1, 0.15) is 0 Å². The van der Waals surface area contributed by atoms with E-state index in [1.54, 1.807) is 0 Å². The van der Waals surface area contributed by atoms with Gasteiger partial charge in [0.25, 0.3) is 0 Å². The monoisotopic (exact) mass is 301 g/mol. The van der Waals surface area contributed by atoms with Gasteiger partial charge in [-0.15, -0.1) is 0 Å². The zero-order valence-corrected chi connectivity index (χ0v) is 11.5. The highest BCUT2D eigenvalue weighted by molar-refractivity contribution is 5.78. The van der Waals surface area contributed by atoms with Crippen molar-refractivity contribution in [3.63, 3.8) is 0 Å². The van der Waals surface area contributed by atoms with Gasteiger partial charge < -0.3 is 0 Å². The molecule has 3 nitrogen and oxygen atoms in total. The van der Waals surface area contributed by atoms with Crippen LogP contribution in [0.1, 0.15) is 31.2 Å². The minimum Gasteiger partial charge on any atom is -0.272 e. The Morgan fingerprint density at radius 3 is 2.52 bits per heavy atom. The fourth-order valence-electron chi connectivity index (χ4n) is 2.68. The van der Waals surface area contributed by atoms with Crippen molar-refractivity contribution in [3.8, 4) is 0 Å². The van der Waals surface area contributed by atoms with Crippen LogP contribution >= 0.6 is 0 Å². The number of nitrogens with one attached hydrogen (secondary N) is 1. The predicted molar refractivity (Wildman–Crippen MR) is 70.9 cm³/mol. The van der Waals surface area contributed by atoms with E-state index < -0.39 is 23.9 Å². The first-order valence-corrected chi connectivity index (χ1v) is 7.01. The molecule has 1 aliphatic rings. The number of carbonyl (C=O) groups is 1. The summed E-state index contributed by atoms with van der Waals surface area (Å²) < 4.78 is 38.8. The fourth-order valence-corrected chi connectivity index (χ4v) is 2.68. The zero-order valence-electron chi connectivity index (χ0n) is 11.5. The number of halogens is 3. The first-order chi connectivity index (χ1) is 9.98. The highest BCUT2D eigenvalue weighted by Crippen LogP contribution is 2.41. The Labute approximate surface area is 121 Å². The van der Waals surface area contributed by atoms with Gasteiger partial charge >= 0.3 is 6.18 Å². The SMILES string of the molecule is O=C(NOCc1ccccc1)C1CCCCC1C(F)(F)F. The van der Waals surface area contributed by atoms with Crippen LogP contribution in [-0.4, -0.2) is 12.1 Å². The lowest BCUT2D eigenvalue weighted by Gasteiger charge is -2.31. The van der Waals surface area contributed by atoms with Crippen molar-refractivity contribution < 1.29 is 22.8 Å². The van der Waals surface area contributed by atoms with Crippen LogP contribution in [0.15, 0.2) is 30.3 Å². The van der Waals surface area contributed by atoms with Crippen LogP contribution in [0.2, 0.25) is 0 Å². The Morgan fingerprint density at radius 2 is 1.86 bits per heavy atom. The van der Waals surface area contributed by atoms with Crippen LogP contribution < -0.4 is 5.48 Å². The molecule has 2 unspecified atom stereocenters. The Balaban J connectivity index is 1.86. The van der Waals surface area contributed by atoms with E-state index in [4.69, 9.17) is 4.84 Å². The summed E-state index contributed by atoms with van der Waals surface area (Å²) in [5.41, 5.74) is 3.01. The van der Waals surface area contributed by atoms with Gasteiger partial charge in [-0.05, 0) is 18.4 Å². The molecule has 6 heteroatoms. The van der Waals surface area contributed by atoms with Gasteiger partial charge in [0.15, 0.2) is 0 Å². The zero-order chi connectivity index (χ0) is 15.3. The third kappa shape index (κ3) is 4.46. The normalized spacial score (nSPS) is 22.8. The molecule has 1 aliphatic carbocycles. The molecule has 1 aromatic carbocycles. The van der Waals surface area contributed by atoms with Gasteiger partial charge in [0.05, 0.1) is 18.4 Å². The first-order valence-electron chi connectivity index (χ1n) is 7.01. The van der Waals surface area contributed by atoms with Crippen molar-refractivity contribution in [2.24, 2.45) is 11.8 Å². The maximum atomic E-state index is 12.9. The van der Waals surface area contributed by atoms with Crippen LogP contribution in [0.5, 0.6) is 0 Å². The van der Waals surface area contributed by atoms with E-state index >= 15 is 0 Å². The Bertz CT molecular complexity index is 462. The molecule has 1 aromatic rings. The summed E-state index contributed by atoms with van der Waals surface area (Å²) in [6.07, 6.45) is -2.91. The molecule has 0 bridgehead atoms. The average Bonchev–Trinajstić information content (AvgIpc) is 2.47. The molecule has 0 aliphatic heterocycles. The summed E-state index contributed by atoms with van der Waals surface area (Å²) in [5.74, 6) is -3.28. The van der Waals surface area contributed by atoms with Crippen molar-refractivity contribution in [1.82, 2.24) is 5.48 Å². The summed E-state index contributed by atoms with van der Waals surface area (Å²) in [6, 6.07) is 9.11. The van der Waals surface area contributed by atoms with E-state index in [2.05, 4.69) is 5.48 Å². The van der Waals surface area contributed by atoms with Crippen LogP contribution in [0.25, 0.3) is 0 Å². The highest BCUT2D eigenvalue weighted by atomic mass is 19.4. The molecule has 1 fully saturated rings. The molecule has 0 spiro atoms. The number of alkyl halides is 3. The molecule has 21 heavy (non-hydrogen) atoms. The number of rotatable bonds is 4. The van der Waals surface area contributed by atoms with Crippen molar-refractivity contribution in [1.29, 1.82) is 0 Å². The second-order valence-electron chi connectivity index (χ2n) is 5.28. The second-order valence-corrected chi connectivity index (χ2v) is 5.28. The highest BCUT2D eigenvalue weighted by Gasteiger charge is 2.48. The van der Waals surface area contributed by atoms with E-state index in [0.29, 0.717) is 12.8 Å². The minimum atomic E-state index is -4.33. The summed E-state index contributed by atoms with van der Waals surface area (Å²) in [5, 5.41) is 0. The Kier molecular flexibility index (Phi) is 5.22. The molecule has 0 saturated heterocycles. The third-order valence-corrected chi connectivity index (χ3v) is 3.78. The van der Waals surface area contributed by atoms with Gasteiger partial charge in [-0.25, -0.2) is 5.48 Å². The number of amides is 1. The van der Waals surface area contributed by atoms with E-state index in [-0.39, 0.29) is 19.4 Å². The standard InChI is InChI=1S/C15H18F3NO2/c16-15(17,18)13-9-5-4-8-12(13)14(20)19-21-10-11-6-2-1-3-7-11/h1-3,6-7,12-13H,4-5,8-10H2,(H,19,20). The number of carbonyl (C=O) groups excluding carboxylic acids is 1. The second kappa shape index (κ2) is 6.93. The van der Waals surface area contributed by atoms with Crippen molar-refractivity contribution in [2.75, 3.05) is 0 Å². The molecular formula is C15H18F3NO2. The maximum absolute atomic E-state index is 12.9. The smallest absolute Gasteiger partial charge is 0.272 e. The quantitative estimate of drug-likeness (QED) is 0.863. The molecule has 1 N–H and O–H groups in total. The van der Waals surface area contributed by atoms with Crippen molar-refractivity contribution in [2.45, 2.75) is 38.5 Å². The minimum absolute atomic E-state index is 0.0142. The Hall–Kier alpha value is -1.56. The van der Waals surface area contributed by atoms with Crippen molar-refractivity contribution in [3.05, 3.63) is 35.9 Å². The maximum Gasteiger partial charge on any atom is 0.392 e. The number of benzene rings is 1. The van der Waals surface area contributed by atoms with E-state index in [1.165, 1.54) is 0 Å². The lowest BCUT2D eigenvalue weighted by molar-refractivity contribution is -0.201. The summed E-state index contributed by atoms with van der Waals surface area (Å²) >= 11 is 0. The summed E-state index contributed by atoms with van der Waals surface area (Å²) in [4.78, 5) is 16.9. The predicted octanol–water partition coefficient (Wildman–Crippen LogP) is 3.60. The first kappa shape index (κ1) is 15.8. The number of hydroxylamine groups is 1. The summed E-state index contributed by atoms with van der Waals surface area (Å²) in [6.45, 7) is 0.135. The molecular weight excluding hydrogens is 283 g/mol.